The Morgan fingerprint density at radius 1 is 1.19 bits per heavy atom. The highest BCUT2D eigenvalue weighted by atomic mass is 35.5. The van der Waals surface area contributed by atoms with Crippen LogP contribution in [0.1, 0.15) is 27.1 Å². The highest BCUT2D eigenvalue weighted by molar-refractivity contribution is 7.14. The van der Waals surface area contributed by atoms with Crippen LogP contribution in [0.4, 0.5) is 4.39 Å². The normalized spacial score (nSPS) is 12.6. The zero-order chi connectivity index (χ0) is 18.7. The van der Waals surface area contributed by atoms with Crippen molar-refractivity contribution < 1.29 is 9.50 Å². The minimum atomic E-state index is -0.968. The topological polar surface area (TPSA) is 72.1 Å². The number of rotatable bonds is 4. The summed E-state index contributed by atoms with van der Waals surface area (Å²) in [6, 6.07) is 11.7. The predicted molar refractivity (Wildman–Crippen MR) is 98.1 cm³/mol. The number of nitrogens with zero attached hydrogens (tertiary/aromatic N) is 3. The molecular formula is C18H9Cl2FN3OS-. The van der Waals surface area contributed by atoms with E-state index < -0.39 is 17.8 Å². The average molecular weight is 405 g/mol. The molecule has 1 aromatic carbocycles. The van der Waals surface area contributed by atoms with Crippen molar-refractivity contribution in [3.8, 4) is 6.07 Å². The summed E-state index contributed by atoms with van der Waals surface area (Å²) in [6.07, 6.45) is 1.29. The number of nitriles is 1. The molecule has 0 bridgehead atoms. The van der Waals surface area contributed by atoms with Gasteiger partial charge in [0.1, 0.15) is 28.5 Å². The third-order valence-electron chi connectivity index (χ3n) is 3.45. The first-order valence-corrected chi connectivity index (χ1v) is 8.86. The summed E-state index contributed by atoms with van der Waals surface area (Å²) < 4.78 is 14.4. The van der Waals surface area contributed by atoms with Crippen LogP contribution in [-0.2, 0) is 0 Å². The number of pyridine rings is 1. The number of aromatic nitrogens is 1. The van der Waals surface area contributed by atoms with Gasteiger partial charge in [-0.2, -0.15) is 5.26 Å². The van der Waals surface area contributed by atoms with Gasteiger partial charge in [-0.3, -0.25) is 9.98 Å². The predicted octanol–water partition coefficient (Wildman–Crippen LogP) is 4.36. The lowest BCUT2D eigenvalue weighted by atomic mass is 10.0. The van der Waals surface area contributed by atoms with Crippen molar-refractivity contribution in [2.45, 2.75) is 6.04 Å². The molecule has 0 spiro atoms. The Kier molecular flexibility index (Phi) is 5.52. The van der Waals surface area contributed by atoms with E-state index in [9.17, 15) is 9.50 Å². The summed E-state index contributed by atoms with van der Waals surface area (Å²) >= 11 is 12.7. The lowest BCUT2D eigenvalue weighted by Gasteiger charge is -2.18. The molecular weight excluding hydrogens is 396 g/mol. The van der Waals surface area contributed by atoms with Crippen LogP contribution < -0.4 is 5.11 Å². The van der Waals surface area contributed by atoms with Gasteiger partial charge in [0.2, 0.25) is 0 Å². The maximum Gasteiger partial charge on any atom is 0.148 e. The van der Waals surface area contributed by atoms with Gasteiger partial charge in [-0.25, -0.2) is 4.39 Å². The standard InChI is InChI=1S/C18H10Cl2FN3OS/c19-11-3-1-10(2-4-11)16(17-14(21)7-12(20)9-23-17)24-18(25)15-6-5-13(8-22)26-15/h1-7,9,16H,(H,24,25)/p-1. The summed E-state index contributed by atoms with van der Waals surface area (Å²) in [5.74, 6) is -1.23. The van der Waals surface area contributed by atoms with Gasteiger partial charge in [-0.15, -0.1) is 11.3 Å². The van der Waals surface area contributed by atoms with Crippen molar-refractivity contribution in [3.63, 3.8) is 0 Å². The van der Waals surface area contributed by atoms with E-state index in [4.69, 9.17) is 28.5 Å². The minimum absolute atomic E-state index is 0.0258. The Bertz CT molecular complexity index is 1010. The van der Waals surface area contributed by atoms with Gasteiger partial charge in [0.25, 0.3) is 0 Å². The number of halogens is 3. The number of aliphatic imine (C=N–C) groups is 1. The summed E-state index contributed by atoms with van der Waals surface area (Å²) in [5.41, 5.74) is 0.524. The molecule has 0 fully saturated rings. The van der Waals surface area contributed by atoms with Crippen molar-refractivity contribution >= 4 is 40.4 Å². The van der Waals surface area contributed by atoms with Gasteiger partial charge in [0.15, 0.2) is 0 Å². The molecule has 3 aromatic rings. The molecule has 0 saturated carbocycles. The van der Waals surface area contributed by atoms with Gasteiger partial charge in [0, 0.05) is 22.0 Å². The fraction of sp³-hybridized carbons (Fsp3) is 0.0556. The summed E-state index contributed by atoms with van der Waals surface area (Å²) in [4.78, 5) is 8.82. The van der Waals surface area contributed by atoms with Crippen molar-refractivity contribution in [2.75, 3.05) is 0 Å². The van der Waals surface area contributed by atoms with E-state index in [-0.39, 0.29) is 15.6 Å². The van der Waals surface area contributed by atoms with E-state index in [0.29, 0.717) is 15.5 Å². The molecule has 2 aromatic heterocycles. The SMILES string of the molecule is N#Cc1ccc(C([O-])=NC(c2ccc(Cl)cc2)c2ncc(Cl)cc2F)s1. The number of hydrogen-bond acceptors (Lipinski definition) is 5. The molecule has 1 atom stereocenters. The Balaban J connectivity index is 2.09. The maximum absolute atomic E-state index is 14.4. The van der Waals surface area contributed by atoms with Gasteiger partial charge < -0.3 is 5.11 Å². The highest BCUT2D eigenvalue weighted by Gasteiger charge is 2.19. The van der Waals surface area contributed by atoms with Crippen LogP contribution in [0.15, 0.2) is 53.7 Å². The van der Waals surface area contributed by atoms with Gasteiger partial charge in [-0.05, 0) is 35.9 Å². The lowest BCUT2D eigenvalue weighted by Crippen LogP contribution is -2.20. The van der Waals surface area contributed by atoms with Gasteiger partial charge in [0.05, 0.1) is 5.02 Å². The smallest absolute Gasteiger partial charge is 0.148 e. The highest BCUT2D eigenvalue weighted by Crippen LogP contribution is 2.29. The monoisotopic (exact) mass is 404 g/mol. The number of thiophene rings is 1. The van der Waals surface area contributed by atoms with Crippen LogP contribution in [0.25, 0.3) is 0 Å². The lowest BCUT2D eigenvalue weighted by molar-refractivity contribution is -0.213. The zero-order valence-corrected chi connectivity index (χ0v) is 15.3. The zero-order valence-electron chi connectivity index (χ0n) is 13.0. The van der Waals surface area contributed by atoms with E-state index in [1.54, 1.807) is 24.3 Å². The quantitative estimate of drug-likeness (QED) is 0.478. The largest absolute Gasteiger partial charge is 0.858 e. The molecule has 130 valence electrons. The minimum Gasteiger partial charge on any atom is -0.858 e. The first-order valence-electron chi connectivity index (χ1n) is 7.29. The van der Waals surface area contributed by atoms with E-state index in [1.807, 2.05) is 6.07 Å². The molecule has 8 heteroatoms. The van der Waals surface area contributed by atoms with E-state index in [2.05, 4.69) is 9.98 Å². The van der Waals surface area contributed by atoms with Crippen LogP contribution in [0.2, 0.25) is 10.0 Å². The summed E-state index contributed by atoms with van der Waals surface area (Å²) in [5, 5.41) is 22.0. The van der Waals surface area contributed by atoms with Gasteiger partial charge in [-0.1, -0.05) is 35.3 Å². The Morgan fingerprint density at radius 2 is 1.92 bits per heavy atom. The summed E-state index contributed by atoms with van der Waals surface area (Å²) in [6.45, 7) is 0. The molecule has 0 radical (unpaired) electrons. The third-order valence-corrected chi connectivity index (χ3v) is 4.89. The third kappa shape index (κ3) is 4.02. The second-order valence-electron chi connectivity index (χ2n) is 5.18. The average Bonchev–Trinajstić information content (AvgIpc) is 3.10. The van der Waals surface area contributed by atoms with E-state index in [1.165, 1.54) is 18.3 Å². The fourth-order valence-corrected chi connectivity index (χ4v) is 3.22. The number of benzene rings is 1. The Hall–Kier alpha value is -2.46. The van der Waals surface area contributed by atoms with Crippen LogP contribution in [0.5, 0.6) is 0 Å². The fourth-order valence-electron chi connectivity index (χ4n) is 2.26. The van der Waals surface area contributed by atoms with E-state index in [0.717, 1.165) is 17.4 Å². The molecule has 26 heavy (non-hydrogen) atoms. The first-order chi connectivity index (χ1) is 12.5. The van der Waals surface area contributed by atoms with Gasteiger partial charge >= 0.3 is 0 Å². The van der Waals surface area contributed by atoms with Crippen LogP contribution >= 0.6 is 34.5 Å². The van der Waals surface area contributed by atoms with Crippen molar-refractivity contribution in [1.29, 1.82) is 5.26 Å². The van der Waals surface area contributed by atoms with E-state index >= 15 is 0 Å². The van der Waals surface area contributed by atoms with Crippen LogP contribution in [0.3, 0.4) is 0 Å². The second kappa shape index (κ2) is 7.83. The molecule has 0 saturated heterocycles. The molecule has 0 N–H and O–H groups in total. The van der Waals surface area contributed by atoms with Crippen molar-refractivity contribution in [1.82, 2.24) is 4.98 Å². The molecule has 0 aliphatic carbocycles. The van der Waals surface area contributed by atoms with Crippen LogP contribution in [-0.4, -0.2) is 10.9 Å². The molecule has 0 aliphatic rings. The van der Waals surface area contributed by atoms with Crippen molar-refractivity contribution in [2.24, 2.45) is 4.99 Å². The molecule has 0 aliphatic heterocycles. The second-order valence-corrected chi connectivity index (χ2v) is 7.14. The summed E-state index contributed by atoms with van der Waals surface area (Å²) in [7, 11) is 0. The maximum atomic E-state index is 14.4. The molecule has 1 unspecified atom stereocenters. The first kappa shape index (κ1) is 18.3. The van der Waals surface area contributed by atoms with Crippen LogP contribution in [0, 0.1) is 17.1 Å². The molecule has 2 heterocycles. The van der Waals surface area contributed by atoms with Crippen molar-refractivity contribution in [3.05, 3.63) is 85.5 Å². The Labute approximate surface area is 162 Å². The molecule has 3 rings (SSSR count). The number of hydrogen-bond donors (Lipinski definition) is 0. The molecule has 4 nitrogen and oxygen atoms in total. The molecule has 0 amide bonds. The Morgan fingerprint density at radius 3 is 2.54 bits per heavy atom.